The average Bonchev–Trinajstić information content (AvgIpc) is 2.53. The molecule has 114 valence electrons. The second-order valence-electron chi connectivity index (χ2n) is 4.86. The molecule has 6 heteroatoms. The zero-order valence-electron chi connectivity index (χ0n) is 11.9. The van der Waals surface area contributed by atoms with E-state index in [2.05, 4.69) is 0 Å². The monoisotopic (exact) mass is 327 g/mol. The minimum absolute atomic E-state index is 0.139. The van der Waals surface area contributed by atoms with E-state index in [-0.39, 0.29) is 12.5 Å². The number of thioether (sulfide) groups is 1. The molecule has 0 bridgehead atoms. The predicted molar refractivity (Wildman–Crippen MR) is 83.9 cm³/mol. The summed E-state index contributed by atoms with van der Waals surface area (Å²) in [6.07, 6.45) is 5.10. The number of nitrogens with zero attached hydrogens (tertiary/aromatic N) is 1. The van der Waals surface area contributed by atoms with E-state index in [1.807, 2.05) is 12.3 Å². The minimum Gasteiger partial charge on any atom is -0.452 e. The van der Waals surface area contributed by atoms with Crippen LogP contribution in [0.1, 0.15) is 29.6 Å². The van der Waals surface area contributed by atoms with Gasteiger partial charge in [-0.1, -0.05) is 11.6 Å². The maximum Gasteiger partial charge on any atom is 0.340 e. The van der Waals surface area contributed by atoms with Gasteiger partial charge in [0.15, 0.2) is 6.61 Å². The van der Waals surface area contributed by atoms with Gasteiger partial charge in [0.25, 0.3) is 5.91 Å². The molecule has 1 aliphatic rings. The van der Waals surface area contributed by atoms with Gasteiger partial charge in [-0.05, 0) is 43.7 Å². The third kappa shape index (κ3) is 4.38. The first-order chi connectivity index (χ1) is 10.1. The molecule has 1 saturated heterocycles. The number of carbonyl (C=O) groups is 2. The van der Waals surface area contributed by atoms with E-state index >= 15 is 0 Å². The fraction of sp³-hybridized carbons (Fsp3) is 0.467. The van der Waals surface area contributed by atoms with Crippen LogP contribution >= 0.6 is 23.4 Å². The lowest BCUT2D eigenvalue weighted by molar-refractivity contribution is -0.135. The topological polar surface area (TPSA) is 46.6 Å². The number of piperidine rings is 1. The van der Waals surface area contributed by atoms with Crippen molar-refractivity contribution in [1.82, 2.24) is 4.90 Å². The van der Waals surface area contributed by atoms with E-state index in [4.69, 9.17) is 16.3 Å². The molecule has 1 aromatic carbocycles. The van der Waals surface area contributed by atoms with Crippen molar-refractivity contribution in [2.24, 2.45) is 0 Å². The predicted octanol–water partition coefficient (Wildman–Crippen LogP) is 3.23. The Morgan fingerprint density at radius 3 is 2.67 bits per heavy atom. The normalized spacial score (nSPS) is 14.9. The molecule has 0 aliphatic carbocycles. The van der Waals surface area contributed by atoms with Gasteiger partial charge in [-0.15, -0.1) is 11.8 Å². The Balaban J connectivity index is 1.93. The molecule has 0 atom stereocenters. The first-order valence-electron chi connectivity index (χ1n) is 6.90. The minimum atomic E-state index is -0.554. The van der Waals surface area contributed by atoms with Crippen LogP contribution in [0.15, 0.2) is 23.1 Å². The molecular weight excluding hydrogens is 310 g/mol. The molecule has 0 radical (unpaired) electrons. The van der Waals surface area contributed by atoms with Crippen LogP contribution in [0, 0.1) is 0 Å². The molecule has 0 saturated carbocycles. The summed E-state index contributed by atoms with van der Waals surface area (Å²) >= 11 is 7.52. The van der Waals surface area contributed by atoms with Crippen LogP contribution in [0.2, 0.25) is 5.02 Å². The summed E-state index contributed by atoms with van der Waals surface area (Å²) in [7, 11) is 0. The van der Waals surface area contributed by atoms with E-state index in [0.717, 1.165) is 37.2 Å². The van der Waals surface area contributed by atoms with Crippen molar-refractivity contribution in [1.29, 1.82) is 0 Å². The second kappa shape index (κ2) is 7.71. The molecule has 1 aromatic rings. The lowest BCUT2D eigenvalue weighted by atomic mass is 10.1. The van der Waals surface area contributed by atoms with Crippen LogP contribution in [0.3, 0.4) is 0 Å². The number of ether oxygens (including phenoxy) is 1. The molecule has 0 aromatic heterocycles. The van der Waals surface area contributed by atoms with Crippen molar-refractivity contribution < 1.29 is 14.3 Å². The van der Waals surface area contributed by atoms with Gasteiger partial charge in [-0.2, -0.15) is 0 Å². The van der Waals surface area contributed by atoms with E-state index < -0.39 is 5.97 Å². The molecule has 2 rings (SSSR count). The van der Waals surface area contributed by atoms with Crippen LogP contribution in [-0.2, 0) is 9.53 Å². The van der Waals surface area contributed by atoms with E-state index in [1.54, 1.807) is 17.0 Å². The quantitative estimate of drug-likeness (QED) is 0.629. The lowest BCUT2D eigenvalue weighted by Gasteiger charge is -2.26. The number of hydrogen-bond donors (Lipinski definition) is 0. The molecule has 0 unspecified atom stereocenters. The molecule has 1 amide bonds. The smallest absolute Gasteiger partial charge is 0.340 e. The van der Waals surface area contributed by atoms with Gasteiger partial charge in [0.1, 0.15) is 0 Å². The van der Waals surface area contributed by atoms with E-state index in [9.17, 15) is 9.59 Å². The van der Waals surface area contributed by atoms with Gasteiger partial charge < -0.3 is 9.64 Å². The Morgan fingerprint density at radius 2 is 2.00 bits per heavy atom. The average molecular weight is 328 g/mol. The van der Waals surface area contributed by atoms with Gasteiger partial charge in [-0.3, -0.25) is 4.79 Å². The van der Waals surface area contributed by atoms with E-state index in [0.29, 0.717) is 10.6 Å². The molecule has 0 spiro atoms. The van der Waals surface area contributed by atoms with Crippen molar-refractivity contribution in [2.75, 3.05) is 26.0 Å². The SMILES string of the molecule is CSc1ccc(Cl)c(C(=O)OCC(=O)N2CCCCC2)c1. The van der Waals surface area contributed by atoms with E-state index in [1.165, 1.54) is 11.8 Å². The van der Waals surface area contributed by atoms with Gasteiger partial charge in [0, 0.05) is 18.0 Å². The zero-order chi connectivity index (χ0) is 15.2. The highest BCUT2D eigenvalue weighted by atomic mass is 35.5. The third-order valence-corrected chi connectivity index (χ3v) is 4.48. The largest absolute Gasteiger partial charge is 0.452 e. The Kier molecular flexibility index (Phi) is 5.94. The van der Waals surface area contributed by atoms with Crippen LogP contribution in [0.5, 0.6) is 0 Å². The van der Waals surface area contributed by atoms with Crippen molar-refractivity contribution in [2.45, 2.75) is 24.2 Å². The molecule has 21 heavy (non-hydrogen) atoms. The van der Waals surface area contributed by atoms with Crippen LogP contribution in [-0.4, -0.2) is 42.7 Å². The summed E-state index contributed by atoms with van der Waals surface area (Å²) in [4.78, 5) is 26.7. The number of carbonyl (C=O) groups excluding carboxylic acids is 2. The Morgan fingerprint density at radius 1 is 1.29 bits per heavy atom. The summed E-state index contributed by atoms with van der Waals surface area (Å²) in [5.41, 5.74) is 0.301. The van der Waals surface area contributed by atoms with Crippen molar-refractivity contribution in [3.8, 4) is 0 Å². The van der Waals surface area contributed by atoms with Crippen LogP contribution in [0.25, 0.3) is 0 Å². The molecule has 4 nitrogen and oxygen atoms in total. The maximum atomic E-state index is 12.0. The molecule has 1 fully saturated rings. The van der Waals surface area contributed by atoms with Gasteiger partial charge in [0.05, 0.1) is 10.6 Å². The summed E-state index contributed by atoms with van der Waals surface area (Å²) in [6, 6.07) is 5.18. The number of esters is 1. The maximum absolute atomic E-state index is 12.0. The van der Waals surface area contributed by atoms with Gasteiger partial charge in [-0.25, -0.2) is 4.79 Å². The Hall–Kier alpha value is -1.20. The highest BCUT2D eigenvalue weighted by molar-refractivity contribution is 7.98. The third-order valence-electron chi connectivity index (χ3n) is 3.43. The van der Waals surface area contributed by atoms with Crippen molar-refractivity contribution in [3.05, 3.63) is 28.8 Å². The summed E-state index contributed by atoms with van der Waals surface area (Å²) in [5, 5.41) is 0.336. The van der Waals surface area contributed by atoms with Crippen molar-refractivity contribution in [3.63, 3.8) is 0 Å². The highest BCUT2D eigenvalue weighted by Gasteiger charge is 2.19. The lowest BCUT2D eigenvalue weighted by Crippen LogP contribution is -2.38. The van der Waals surface area contributed by atoms with Crippen LogP contribution < -0.4 is 0 Å². The molecule has 1 heterocycles. The number of benzene rings is 1. The Labute approximate surface area is 133 Å². The summed E-state index contributed by atoms with van der Waals surface area (Å²) < 4.78 is 5.10. The number of likely N-dealkylation sites (tertiary alicyclic amines) is 1. The number of hydrogen-bond acceptors (Lipinski definition) is 4. The molecule has 1 aliphatic heterocycles. The van der Waals surface area contributed by atoms with Crippen LogP contribution in [0.4, 0.5) is 0 Å². The Bertz CT molecular complexity index is 530. The zero-order valence-corrected chi connectivity index (χ0v) is 13.5. The number of halogens is 1. The first kappa shape index (κ1) is 16.2. The first-order valence-corrected chi connectivity index (χ1v) is 8.50. The molecule has 0 N–H and O–H groups in total. The number of amides is 1. The standard InChI is InChI=1S/C15H18ClNO3S/c1-21-11-5-6-13(16)12(9-11)15(19)20-10-14(18)17-7-3-2-4-8-17/h5-6,9H,2-4,7-8,10H2,1H3. The van der Waals surface area contributed by atoms with Gasteiger partial charge in [0.2, 0.25) is 0 Å². The molecular formula is C15H18ClNO3S. The van der Waals surface area contributed by atoms with Crippen molar-refractivity contribution >= 4 is 35.2 Å². The number of rotatable bonds is 4. The van der Waals surface area contributed by atoms with Gasteiger partial charge >= 0.3 is 5.97 Å². The summed E-state index contributed by atoms with van der Waals surface area (Å²) in [6.45, 7) is 1.27. The summed E-state index contributed by atoms with van der Waals surface area (Å²) in [5.74, 6) is -0.693. The second-order valence-corrected chi connectivity index (χ2v) is 6.15. The highest BCUT2D eigenvalue weighted by Crippen LogP contribution is 2.23. The fourth-order valence-corrected chi connectivity index (χ4v) is 2.86. The fourth-order valence-electron chi connectivity index (χ4n) is 2.23.